The number of hydrogen-bond acceptors (Lipinski definition) is 3. The summed E-state index contributed by atoms with van der Waals surface area (Å²) >= 11 is 4.91. The Bertz CT molecular complexity index is 422. The summed E-state index contributed by atoms with van der Waals surface area (Å²) in [5, 5.41) is 0. The Hall–Kier alpha value is -1.16. The van der Waals surface area contributed by atoms with Crippen molar-refractivity contribution in [1.29, 1.82) is 0 Å². The van der Waals surface area contributed by atoms with Gasteiger partial charge in [0.25, 0.3) is 0 Å². The van der Waals surface area contributed by atoms with Crippen molar-refractivity contribution in [3.8, 4) is 5.75 Å². The van der Waals surface area contributed by atoms with Crippen LogP contribution >= 0.6 is 12.2 Å². The van der Waals surface area contributed by atoms with Crippen LogP contribution in [0.4, 0.5) is 0 Å². The standard InChI is InChI=1S/C14H20N2OS/c1-10-3-2-4-11(7-10)9-17-12-5-6-16-13(8-12)14(15)18/h5-6,8,10-11H,2-4,7,9H2,1H3,(H2,15,18). The fourth-order valence-electron chi connectivity index (χ4n) is 2.56. The second kappa shape index (κ2) is 6.14. The average molecular weight is 264 g/mol. The molecule has 3 nitrogen and oxygen atoms in total. The van der Waals surface area contributed by atoms with E-state index in [1.54, 1.807) is 6.20 Å². The van der Waals surface area contributed by atoms with Crippen molar-refractivity contribution in [3.05, 3.63) is 24.0 Å². The Kier molecular flexibility index (Phi) is 4.53. The van der Waals surface area contributed by atoms with E-state index in [1.165, 1.54) is 25.7 Å². The molecule has 1 heterocycles. The van der Waals surface area contributed by atoms with Crippen molar-refractivity contribution in [1.82, 2.24) is 4.98 Å². The van der Waals surface area contributed by atoms with Gasteiger partial charge in [-0.3, -0.25) is 4.98 Å². The number of nitrogens with zero attached hydrogens (tertiary/aromatic N) is 1. The largest absolute Gasteiger partial charge is 0.493 e. The molecule has 0 aromatic carbocycles. The summed E-state index contributed by atoms with van der Waals surface area (Å²) in [5.41, 5.74) is 6.18. The molecule has 0 radical (unpaired) electrons. The highest BCUT2D eigenvalue weighted by Gasteiger charge is 2.19. The molecule has 0 amide bonds. The molecule has 2 N–H and O–H groups in total. The van der Waals surface area contributed by atoms with Crippen LogP contribution in [0.15, 0.2) is 18.3 Å². The van der Waals surface area contributed by atoms with E-state index in [9.17, 15) is 0 Å². The molecular formula is C14H20N2OS. The quantitative estimate of drug-likeness (QED) is 0.849. The van der Waals surface area contributed by atoms with Gasteiger partial charge in [0.1, 0.15) is 16.4 Å². The van der Waals surface area contributed by atoms with Crippen molar-refractivity contribution in [2.24, 2.45) is 17.6 Å². The van der Waals surface area contributed by atoms with E-state index in [0.717, 1.165) is 18.3 Å². The molecule has 2 unspecified atom stereocenters. The van der Waals surface area contributed by atoms with E-state index in [2.05, 4.69) is 11.9 Å². The zero-order valence-corrected chi connectivity index (χ0v) is 11.6. The van der Waals surface area contributed by atoms with Crippen molar-refractivity contribution >= 4 is 17.2 Å². The lowest BCUT2D eigenvalue weighted by Gasteiger charge is -2.26. The molecule has 0 aliphatic heterocycles. The Morgan fingerprint density at radius 1 is 1.56 bits per heavy atom. The molecule has 18 heavy (non-hydrogen) atoms. The zero-order valence-electron chi connectivity index (χ0n) is 10.8. The minimum atomic E-state index is 0.312. The van der Waals surface area contributed by atoms with E-state index < -0.39 is 0 Å². The fourth-order valence-corrected chi connectivity index (χ4v) is 2.67. The maximum Gasteiger partial charge on any atom is 0.123 e. The lowest BCUT2D eigenvalue weighted by atomic mass is 9.83. The third-order valence-electron chi connectivity index (χ3n) is 3.51. The van der Waals surface area contributed by atoms with Crippen LogP contribution in [0.3, 0.4) is 0 Å². The van der Waals surface area contributed by atoms with Crippen molar-refractivity contribution in [3.63, 3.8) is 0 Å². The summed E-state index contributed by atoms with van der Waals surface area (Å²) in [6.07, 6.45) is 6.92. The summed E-state index contributed by atoms with van der Waals surface area (Å²) in [6, 6.07) is 3.67. The molecule has 4 heteroatoms. The Morgan fingerprint density at radius 3 is 3.11 bits per heavy atom. The number of aromatic nitrogens is 1. The Morgan fingerprint density at radius 2 is 2.39 bits per heavy atom. The van der Waals surface area contributed by atoms with Crippen molar-refractivity contribution < 1.29 is 4.74 Å². The van der Waals surface area contributed by atoms with Crippen LogP contribution in [0.25, 0.3) is 0 Å². The molecule has 0 spiro atoms. The molecule has 1 aliphatic carbocycles. The van der Waals surface area contributed by atoms with Crippen LogP contribution in [0.5, 0.6) is 5.75 Å². The van der Waals surface area contributed by atoms with Crippen LogP contribution in [-0.4, -0.2) is 16.6 Å². The van der Waals surface area contributed by atoms with Gasteiger partial charge in [0.15, 0.2) is 0 Å². The van der Waals surface area contributed by atoms with Crippen LogP contribution in [0.2, 0.25) is 0 Å². The second-order valence-corrected chi connectivity index (χ2v) is 5.63. The van der Waals surface area contributed by atoms with Gasteiger partial charge in [-0.1, -0.05) is 32.0 Å². The number of ether oxygens (including phenoxy) is 1. The van der Waals surface area contributed by atoms with Crippen LogP contribution in [0.1, 0.15) is 38.3 Å². The van der Waals surface area contributed by atoms with Gasteiger partial charge < -0.3 is 10.5 Å². The number of thiocarbonyl (C=S) groups is 1. The average Bonchev–Trinajstić information content (AvgIpc) is 2.37. The first-order valence-electron chi connectivity index (χ1n) is 6.54. The highest BCUT2D eigenvalue weighted by molar-refractivity contribution is 7.80. The molecule has 2 atom stereocenters. The molecule has 1 saturated carbocycles. The third kappa shape index (κ3) is 3.67. The minimum Gasteiger partial charge on any atom is -0.493 e. The highest BCUT2D eigenvalue weighted by atomic mass is 32.1. The SMILES string of the molecule is CC1CCCC(COc2ccnc(C(N)=S)c2)C1. The van der Waals surface area contributed by atoms with Gasteiger partial charge >= 0.3 is 0 Å². The summed E-state index contributed by atoms with van der Waals surface area (Å²) in [4.78, 5) is 4.41. The van der Waals surface area contributed by atoms with Gasteiger partial charge in [-0.2, -0.15) is 0 Å². The number of hydrogen-bond donors (Lipinski definition) is 1. The molecule has 1 aromatic heterocycles. The zero-order chi connectivity index (χ0) is 13.0. The molecule has 98 valence electrons. The first-order valence-corrected chi connectivity index (χ1v) is 6.94. The van der Waals surface area contributed by atoms with Gasteiger partial charge in [0.2, 0.25) is 0 Å². The number of nitrogens with two attached hydrogens (primary N) is 1. The molecule has 1 aliphatic rings. The van der Waals surface area contributed by atoms with E-state index in [0.29, 0.717) is 16.6 Å². The molecular weight excluding hydrogens is 244 g/mol. The van der Waals surface area contributed by atoms with E-state index >= 15 is 0 Å². The third-order valence-corrected chi connectivity index (χ3v) is 3.72. The van der Waals surface area contributed by atoms with Crippen LogP contribution in [-0.2, 0) is 0 Å². The maximum absolute atomic E-state index is 5.83. The lowest BCUT2D eigenvalue weighted by molar-refractivity contribution is 0.182. The predicted octanol–water partition coefficient (Wildman–Crippen LogP) is 2.92. The van der Waals surface area contributed by atoms with Crippen molar-refractivity contribution in [2.75, 3.05) is 6.61 Å². The molecule has 1 fully saturated rings. The fraction of sp³-hybridized carbons (Fsp3) is 0.571. The summed E-state index contributed by atoms with van der Waals surface area (Å²) in [5.74, 6) is 2.32. The predicted molar refractivity (Wildman–Crippen MR) is 76.7 cm³/mol. The monoisotopic (exact) mass is 264 g/mol. The van der Waals surface area contributed by atoms with Crippen molar-refractivity contribution in [2.45, 2.75) is 32.6 Å². The number of pyridine rings is 1. The van der Waals surface area contributed by atoms with Gasteiger partial charge in [-0.25, -0.2) is 0 Å². The summed E-state index contributed by atoms with van der Waals surface area (Å²) < 4.78 is 5.83. The molecule has 1 aromatic rings. The normalized spacial score (nSPS) is 23.6. The van der Waals surface area contributed by atoms with E-state index in [1.807, 2.05) is 12.1 Å². The van der Waals surface area contributed by atoms with Gasteiger partial charge in [0, 0.05) is 12.3 Å². The number of rotatable bonds is 4. The highest BCUT2D eigenvalue weighted by Crippen LogP contribution is 2.29. The Balaban J connectivity index is 1.89. The Labute approximate surface area is 114 Å². The first kappa shape index (κ1) is 13.3. The smallest absolute Gasteiger partial charge is 0.123 e. The minimum absolute atomic E-state index is 0.312. The van der Waals surface area contributed by atoms with E-state index in [4.69, 9.17) is 22.7 Å². The van der Waals surface area contributed by atoms with Crippen LogP contribution < -0.4 is 10.5 Å². The lowest BCUT2D eigenvalue weighted by Crippen LogP contribution is -2.20. The van der Waals surface area contributed by atoms with E-state index in [-0.39, 0.29) is 0 Å². The molecule has 0 bridgehead atoms. The topological polar surface area (TPSA) is 48.1 Å². The maximum atomic E-state index is 5.83. The molecule has 2 rings (SSSR count). The van der Waals surface area contributed by atoms with Crippen LogP contribution in [0, 0.1) is 11.8 Å². The van der Waals surface area contributed by atoms with Gasteiger partial charge in [-0.05, 0) is 30.7 Å². The van der Waals surface area contributed by atoms with Gasteiger partial charge in [0.05, 0.1) is 6.61 Å². The first-order chi connectivity index (χ1) is 8.65. The second-order valence-electron chi connectivity index (χ2n) is 5.19. The summed E-state index contributed by atoms with van der Waals surface area (Å²) in [7, 11) is 0. The molecule has 0 saturated heterocycles. The summed E-state index contributed by atoms with van der Waals surface area (Å²) in [6.45, 7) is 3.11. The van der Waals surface area contributed by atoms with Gasteiger partial charge in [-0.15, -0.1) is 0 Å².